The monoisotopic (exact) mass is 466 g/mol. The Kier molecular flexibility index (Phi) is 5.03. The molecule has 1 aromatic rings. The summed E-state index contributed by atoms with van der Waals surface area (Å²) in [5.41, 5.74) is 10.4. The number of benzene rings is 1. The van der Waals surface area contributed by atoms with Gasteiger partial charge in [-0.05, 0) is 86.9 Å². The van der Waals surface area contributed by atoms with E-state index in [0.717, 1.165) is 36.9 Å². The van der Waals surface area contributed by atoms with Crippen molar-refractivity contribution >= 4 is 0 Å². The third-order valence-corrected chi connectivity index (χ3v) is 9.82. The Labute approximate surface area is 204 Å². The van der Waals surface area contributed by atoms with Crippen LogP contribution >= 0.6 is 0 Å². The SMILES string of the molecule is CC12CC3CC(C)(C1)CC(N)(C3)C2.COc1ccc2c3c1O[C@H]1C[C@@H](O)C=C[C@@]31CCN(C)C2. The van der Waals surface area contributed by atoms with Crippen LogP contribution in [0.1, 0.15) is 76.3 Å². The highest BCUT2D eigenvalue weighted by Gasteiger charge is 2.58. The van der Waals surface area contributed by atoms with Gasteiger partial charge in [0.25, 0.3) is 0 Å². The van der Waals surface area contributed by atoms with Crippen molar-refractivity contribution in [2.75, 3.05) is 20.7 Å². The molecule has 2 unspecified atom stereocenters. The summed E-state index contributed by atoms with van der Waals surface area (Å²) in [5, 5.41) is 9.97. The zero-order valence-corrected chi connectivity index (χ0v) is 21.4. The number of aliphatic hydroxyl groups excluding tert-OH is 1. The van der Waals surface area contributed by atoms with Crippen molar-refractivity contribution in [2.24, 2.45) is 22.5 Å². The maximum atomic E-state index is 9.97. The van der Waals surface area contributed by atoms with Crippen LogP contribution in [-0.4, -0.2) is 48.5 Å². The van der Waals surface area contributed by atoms with Gasteiger partial charge in [-0.25, -0.2) is 0 Å². The van der Waals surface area contributed by atoms with E-state index in [9.17, 15) is 5.11 Å². The summed E-state index contributed by atoms with van der Waals surface area (Å²) in [7, 11) is 3.84. The molecule has 4 fully saturated rings. The second kappa shape index (κ2) is 7.47. The van der Waals surface area contributed by atoms with E-state index < -0.39 is 6.10 Å². The Morgan fingerprint density at radius 2 is 1.85 bits per heavy atom. The lowest BCUT2D eigenvalue weighted by molar-refractivity contribution is -0.104. The molecule has 5 aliphatic carbocycles. The summed E-state index contributed by atoms with van der Waals surface area (Å²) in [6.45, 7) is 6.89. The molecule has 0 amide bonds. The minimum Gasteiger partial charge on any atom is -0.493 e. The van der Waals surface area contributed by atoms with Crippen LogP contribution in [0.4, 0.5) is 0 Å². The van der Waals surface area contributed by atoms with Crippen LogP contribution in [0.3, 0.4) is 0 Å². The topological polar surface area (TPSA) is 68.0 Å². The normalized spacial score (nSPS) is 45.5. The Balaban J connectivity index is 0.000000143. The molecule has 4 bridgehead atoms. The van der Waals surface area contributed by atoms with Crippen molar-refractivity contribution in [3.8, 4) is 11.5 Å². The number of nitrogens with two attached hydrogens (primary N) is 1. The molecule has 5 heteroatoms. The zero-order valence-electron chi connectivity index (χ0n) is 21.4. The first-order valence-corrected chi connectivity index (χ1v) is 13.3. The number of aliphatic hydroxyl groups is 1. The molecule has 3 N–H and O–H groups in total. The molecule has 1 spiro atoms. The number of rotatable bonds is 1. The van der Waals surface area contributed by atoms with Gasteiger partial charge in [0.15, 0.2) is 11.5 Å². The van der Waals surface area contributed by atoms with Gasteiger partial charge in [-0.3, -0.25) is 0 Å². The molecule has 8 rings (SSSR count). The molecule has 4 saturated carbocycles. The third kappa shape index (κ3) is 3.53. The molecule has 2 aliphatic heterocycles. The number of ether oxygens (including phenoxy) is 2. The quantitative estimate of drug-likeness (QED) is 0.595. The van der Waals surface area contributed by atoms with Crippen LogP contribution in [0.25, 0.3) is 0 Å². The van der Waals surface area contributed by atoms with Crippen LogP contribution in [0.5, 0.6) is 11.5 Å². The first-order valence-electron chi connectivity index (χ1n) is 13.3. The summed E-state index contributed by atoms with van der Waals surface area (Å²) < 4.78 is 11.8. The Bertz CT molecular complexity index is 970. The second-order valence-electron chi connectivity index (χ2n) is 13.4. The van der Waals surface area contributed by atoms with Crippen molar-refractivity contribution in [3.05, 3.63) is 35.4 Å². The Morgan fingerprint density at radius 1 is 1.12 bits per heavy atom. The van der Waals surface area contributed by atoms with Crippen LogP contribution in [0, 0.1) is 16.7 Å². The van der Waals surface area contributed by atoms with Crippen LogP contribution in [0.15, 0.2) is 24.3 Å². The summed E-state index contributed by atoms with van der Waals surface area (Å²) in [4.78, 5) is 2.35. The van der Waals surface area contributed by atoms with Crippen molar-refractivity contribution in [1.29, 1.82) is 0 Å². The van der Waals surface area contributed by atoms with Crippen molar-refractivity contribution < 1.29 is 14.6 Å². The van der Waals surface area contributed by atoms with E-state index in [0.29, 0.717) is 17.3 Å². The van der Waals surface area contributed by atoms with E-state index >= 15 is 0 Å². The summed E-state index contributed by atoms with van der Waals surface area (Å²) in [5.74, 6) is 2.64. The van der Waals surface area contributed by atoms with Crippen LogP contribution in [0.2, 0.25) is 0 Å². The molecule has 5 atom stereocenters. The fraction of sp³-hybridized carbons (Fsp3) is 0.724. The van der Waals surface area contributed by atoms with Gasteiger partial charge in [0, 0.05) is 24.1 Å². The summed E-state index contributed by atoms with van der Waals surface area (Å²) in [6.07, 6.45) is 13.7. The molecule has 0 saturated heterocycles. The molecule has 2 heterocycles. The molecular weight excluding hydrogens is 424 g/mol. The number of methoxy groups -OCH3 is 1. The van der Waals surface area contributed by atoms with Gasteiger partial charge in [0.05, 0.1) is 18.6 Å². The predicted molar refractivity (Wildman–Crippen MR) is 134 cm³/mol. The standard InChI is InChI=1S/C17H21NO3.C12H21N/c1-18-8-7-17-6-5-12(19)9-14(17)21-16-13(20-2)4-3-11(10-18)15(16)17;1-10-3-9-4-11(2,6-10)8-12(13,5-9)7-10/h3-6,12,14,19H,7-10H2,1-2H3;9H,3-8,13H2,1-2H3/t12-,14-,17-;/m0./s1. The molecule has 186 valence electrons. The van der Waals surface area contributed by atoms with Gasteiger partial charge in [0.1, 0.15) is 6.10 Å². The molecular formula is C29H42N2O3. The minimum atomic E-state index is -0.412. The predicted octanol–water partition coefficient (Wildman–Crippen LogP) is 4.54. The lowest BCUT2D eigenvalue weighted by Crippen LogP contribution is -2.62. The number of hydrogen-bond acceptors (Lipinski definition) is 5. The molecule has 0 aromatic heterocycles. The zero-order chi connectivity index (χ0) is 23.9. The largest absolute Gasteiger partial charge is 0.493 e. The first-order chi connectivity index (χ1) is 16.0. The number of nitrogens with zero attached hydrogens (tertiary/aromatic N) is 1. The Hall–Kier alpha value is -1.56. The van der Waals surface area contributed by atoms with Crippen molar-refractivity contribution in [1.82, 2.24) is 4.90 Å². The Morgan fingerprint density at radius 3 is 2.50 bits per heavy atom. The number of hydrogen-bond donors (Lipinski definition) is 2. The molecule has 34 heavy (non-hydrogen) atoms. The average molecular weight is 467 g/mol. The fourth-order valence-electron chi connectivity index (χ4n) is 9.61. The molecule has 5 nitrogen and oxygen atoms in total. The maximum absolute atomic E-state index is 9.97. The average Bonchev–Trinajstić information content (AvgIpc) is 2.96. The van der Waals surface area contributed by atoms with Gasteiger partial charge in [-0.1, -0.05) is 32.1 Å². The van der Waals surface area contributed by atoms with E-state index in [1.54, 1.807) is 7.11 Å². The summed E-state index contributed by atoms with van der Waals surface area (Å²) >= 11 is 0. The molecule has 7 aliphatic rings. The molecule has 1 aromatic carbocycles. The first kappa shape index (κ1) is 22.9. The lowest BCUT2D eigenvalue weighted by Gasteiger charge is -2.64. The van der Waals surface area contributed by atoms with Gasteiger partial charge < -0.3 is 25.2 Å². The van der Waals surface area contributed by atoms with E-state index in [4.69, 9.17) is 15.2 Å². The van der Waals surface area contributed by atoms with E-state index in [1.165, 1.54) is 49.7 Å². The highest BCUT2D eigenvalue weighted by Crippen LogP contribution is 2.65. The lowest BCUT2D eigenvalue weighted by atomic mass is 9.43. The van der Waals surface area contributed by atoms with E-state index in [2.05, 4.69) is 37.9 Å². The molecule has 0 radical (unpaired) electrons. The fourth-order valence-corrected chi connectivity index (χ4v) is 9.61. The smallest absolute Gasteiger partial charge is 0.166 e. The highest BCUT2D eigenvalue weighted by molar-refractivity contribution is 5.60. The van der Waals surface area contributed by atoms with Gasteiger partial charge in [-0.2, -0.15) is 0 Å². The third-order valence-electron chi connectivity index (χ3n) is 9.82. The van der Waals surface area contributed by atoms with Gasteiger partial charge in [-0.15, -0.1) is 0 Å². The van der Waals surface area contributed by atoms with Gasteiger partial charge in [0.2, 0.25) is 0 Å². The van der Waals surface area contributed by atoms with Crippen LogP contribution < -0.4 is 15.2 Å². The van der Waals surface area contributed by atoms with Crippen molar-refractivity contribution in [3.63, 3.8) is 0 Å². The van der Waals surface area contributed by atoms with E-state index in [-0.39, 0.29) is 17.1 Å². The minimum absolute atomic E-state index is 0.00838. The highest BCUT2D eigenvalue weighted by atomic mass is 16.5. The second-order valence-corrected chi connectivity index (χ2v) is 13.4. The van der Waals surface area contributed by atoms with Gasteiger partial charge >= 0.3 is 0 Å². The maximum Gasteiger partial charge on any atom is 0.166 e. The van der Waals surface area contributed by atoms with Crippen LogP contribution in [-0.2, 0) is 12.0 Å². The van der Waals surface area contributed by atoms with Crippen molar-refractivity contribution in [2.45, 2.75) is 94.9 Å². The van der Waals surface area contributed by atoms with E-state index in [1.807, 2.05) is 12.1 Å². The summed E-state index contributed by atoms with van der Waals surface area (Å²) in [6, 6.07) is 4.16.